The zero-order valence-electron chi connectivity index (χ0n) is 34.6. The molecule has 0 bridgehead atoms. The minimum atomic E-state index is -2.27. The Labute approximate surface area is 390 Å². The second-order valence-corrected chi connectivity index (χ2v) is 22.2. The van der Waals surface area contributed by atoms with E-state index in [4.69, 9.17) is 0 Å². The van der Waals surface area contributed by atoms with Crippen molar-refractivity contribution in [1.29, 1.82) is 0 Å². The van der Waals surface area contributed by atoms with E-state index < -0.39 is 14.5 Å². The number of ketones is 1. The summed E-state index contributed by atoms with van der Waals surface area (Å²) < 4.78 is 0. The standard InChI is InChI=1S/C57H50OP2.2BrH/c58-51(43-49(41-47-25-9-1-10-26-47)45-59(52-29-13-3-14-30-52,53-31-15-4-16-32-53)54-33-17-5-18-34-54)44-50(42-48-27-11-2-12-28-48)46-60(55-35-19-6-20-36-55,56-37-21-7-22-38-56)57-39-23-8-24-40-57;;/h1-42H,43-46H2;2*1H/q+2;;/p-2/b49-41+,50-42+;;. The normalized spacial score (nSPS) is 11.8. The van der Waals surface area contributed by atoms with E-state index in [0.717, 1.165) is 34.6 Å². The van der Waals surface area contributed by atoms with E-state index in [1.165, 1.54) is 31.8 Å². The summed E-state index contributed by atoms with van der Waals surface area (Å²) >= 11 is 0. The van der Waals surface area contributed by atoms with Crippen LogP contribution >= 0.6 is 14.5 Å². The SMILES string of the molecule is O=C(C/C(=C\c1ccccc1)C[P+](c1ccccc1)(c1ccccc1)c1ccccc1)C/C(=C\c1ccccc1)C[P+](c1ccccc1)(c1ccccc1)c1ccccc1.[Br-].[Br-]. The summed E-state index contributed by atoms with van der Waals surface area (Å²) in [6.07, 6.45) is 6.77. The van der Waals surface area contributed by atoms with Crippen molar-refractivity contribution in [2.24, 2.45) is 0 Å². The first-order chi connectivity index (χ1) is 29.6. The monoisotopic (exact) mass is 970 g/mol. The molecule has 0 aromatic heterocycles. The van der Waals surface area contributed by atoms with Crippen molar-refractivity contribution >= 4 is 64.3 Å². The Morgan fingerprint density at radius 3 is 0.710 bits per heavy atom. The summed E-state index contributed by atoms with van der Waals surface area (Å²) in [5.74, 6) is 0.221. The summed E-state index contributed by atoms with van der Waals surface area (Å²) in [6.45, 7) is 0. The lowest BCUT2D eigenvalue weighted by Gasteiger charge is -2.29. The number of allylic oxidation sites excluding steroid dienone is 2. The highest BCUT2D eigenvalue weighted by molar-refractivity contribution is 7.96. The number of hydrogen-bond donors (Lipinski definition) is 0. The Morgan fingerprint density at radius 1 is 0.306 bits per heavy atom. The van der Waals surface area contributed by atoms with Gasteiger partial charge in [-0.25, -0.2) is 0 Å². The van der Waals surface area contributed by atoms with Gasteiger partial charge >= 0.3 is 0 Å². The van der Waals surface area contributed by atoms with E-state index in [1.54, 1.807) is 0 Å². The molecule has 0 N–H and O–H groups in total. The minimum Gasteiger partial charge on any atom is -1.00 e. The summed E-state index contributed by atoms with van der Waals surface area (Å²) in [5, 5.41) is 7.84. The highest BCUT2D eigenvalue weighted by Crippen LogP contribution is 2.58. The summed E-state index contributed by atoms with van der Waals surface area (Å²) in [5.41, 5.74) is 4.50. The molecule has 308 valence electrons. The lowest BCUT2D eigenvalue weighted by Crippen LogP contribution is -3.00. The van der Waals surface area contributed by atoms with Crippen LogP contribution in [0.4, 0.5) is 0 Å². The van der Waals surface area contributed by atoms with Crippen molar-refractivity contribution < 1.29 is 38.8 Å². The first kappa shape index (κ1) is 46.2. The molecule has 8 aromatic rings. The van der Waals surface area contributed by atoms with Gasteiger partial charge in [0.25, 0.3) is 0 Å². The Morgan fingerprint density at radius 2 is 0.500 bits per heavy atom. The van der Waals surface area contributed by atoms with Crippen molar-refractivity contribution in [2.75, 3.05) is 12.3 Å². The zero-order valence-corrected chi connectivity index (χ0v) is 39.6. The number of carbonyl (C=O) groups excluding carboxylic acids is 1. The van der Waals surface area contributed by atoms with E-state index in [1.807, 2.05) is 0 Å². The van der Waals surface area contributed by atoms with Gasteiger partial charge in [-0.2, -0.15) is 0 Å². The number of halogens is 2. The van der Waals surface area contributed by atoms with Crippen LogP contribution in [0.3, 0.4) is 0 Å². The van der Waals surface area contributed by atoms with Gasteiger partial charge < -0.3 is 34.0 Å². The van der Waals surface area contributed by atoms with Gasteiger partial charge in [0.05, 0.1) is 12.3 Å². The Balaban J connectivity index is 0.00000321. The molecule has 8 rings (SSSR count). The maximum absolute atomic E-state index is 15.2. The van der Waals surface area contributed by atoms with E-state index in [0.29, 0.717) is 12.8 Å². The summed E-state index contributed by atoms with van der Waals surface area (Å²) in [7, 11) is -4.55. The average Bonchev–Trinajstić information content (AvgIpc) is 3.32. The van der Waals surface area contributed by atoms with Crippen LogP contribution in [-0.4, -0.2) is 18.1 Å². The van der Waals surface area contributed by atoms with E-state index in [-0.39, 0.29) is 39.7 Å². The van der Waals surface area contributed by atoms with Crippen LogP contribution in [0.15, 0.2) is 254 Å². The maximum atomic E-state index is 15.2. The van der Waals surface area contributed by atoms with Crippen LogP contribution in [-0.2, 0) is 4.79 Å². The molecule has 0 saturated carbocycles. The Kier molecular flexibility index (Phi) is 16.9. The van der Waals surface area contributed by atoms with Crippen molar-refractivity contribution in [3.05, 3.63) is 265 Å². The Bertz CT molecular complexity index is 2240. The predicted molar refractivity (Wildman–Crippen MR) is 263 cm³/mol. The second kappa shape index (κ2) is 22.7. The van der Waals surface area contributed by atoms with Crippen molar-refractivity contribution in [1.82, 2.24) is 0 Å². The van der Waals surface area contributed by atoms with Gasteiger partial charge in [0.15, 0.2) is 0 Å². The van der Waals surface area contributed by atoms with Crippen LogP contribution in [0.5, 0.6) is 0 Å². The van der Waals surface area contributed by atoms with Crippen molar-refractivity contribution in [3.8, 4) is 0 Å². The van der Waals surface area contributed by atoms with Gasteiger partial charge in [0, 0.05) is 12.8 Å². The van der Waals surface area contributed by atoms with Gasteiger partial charge in [0.2, 0.25) is 0 Å². The smallest absolute Gasteiger partial charge is 0.141 e. The molecule has 0 atom stereocenters. The van der Waals surface area contributed by atoms with Gasteiger partial charge in [-0.05, 0) is 95.1 Å². The average molecular weight is 973 g/mol. The number of benzene rings is 8. The van der Waals surface area contributed by atoms with Crippen molar-refractivity contribution in [3.63, 3.8) is 0 Å². The quantitative estimate of drug-likeness (QED) is 0.117. The highest BCUT2D eigenvalue weighted by Gasteiger charge is 2.47. The van der Waals surface area contributed by atoms with Crippen LogP contribution in [0.25, 0.3) is 12.2 Å². The molecule has 0 fully saturated rings. The van der Waals surface area contributed by atoms with Crippen LogP contribution in [0.2, 0.25) is 0 Å². The third kappa shape index (κ3) is 10.8. The molecule has 5 heteroatoms. The van der Waals surface area contributed by atoms with Gasteiger partial charge in [-0.3, -0.25) is 4.79 Å². The molecule has 0 saturated heterocycles. The minimum absolute atomic E-state index is 0. The largest absolute Gasteiger partial charge is 1.00 e. The molecule has 0 heterocycles. The molecule has 0 unspecified atom stereocenters. The maximum Gasteiger partial charge on any atom is 0.141 e. The van der Waals surface area contributed by atoms with Crippen LogP contribution < -0.4 is 65.8 Å². The Hall–Kier alpha value is -5.27. The topological polar surface area (TPSA) is 17.1 Å². The van der Waals surface area contributed by atoms with Crippen LogP contribution in [0, 0.1) is 0 Å². The van der Waals surface area contributed by atoms with E-state index in [9.17, 15) is 0 Å². The molecule has 0 aliphatic carbocycles. The fourth-order valence-corrected chi connectivity index (χ4v) is 17.2. The third-order valence-corrected chi connectivity index (χ3v) is 20.1. The fourth-order valence-electron chi connectivity index (χ4n) is 8.59. The van der Waals surface area contributed by atoms with E-state index >= 15 is 4.79 Å². The first-order valence-corrected chi connectivity index (χ1v) is 24.7. The molecule has 0 spiro atoms. The molecule has 0 radical (unpaired) electrons. The molecule has 8 aromatic carbocycles. The first-order valence-electron chi connectivity index (χ1n) is 20.7. The predicted octanol–water partition coefficient (Wildman–Crippen LogP) is 5.50. The summed E-state index contributed by atoms with van der Waals surface area (Å²) in [6, 6.07) is 87.0. The van der Waals surface area contributed by atoms with E-state index in [2.05, 4.69) is 255 Å². The zero-order chi connectivity index (χ0) is 40.9. The second-order valence-electron chi connectivity index (χ2n) is 15.3. The van der Waals surface area contributed by atoms with Crippen LogP contribution in [0.1, 0.15) is 24.0 Å². The molecule has 0 aliphatic heterocycles. The number of rotatable bonds is 16. The molecule has 0 aliphatic rings. The summed E-state index contributed by atoms with van der Waals surface area (Å²) in [4.78, 5) is 15.2. The molecular formula is C57H50Br2OP2. The van der Waals surface area contributed by atoms with Gasteiger partial charge in [-0.1, -0.05) is 182 Å². The number of hydrogen-bond acceptors (Lipinski definition) is 1. The molecule has 1 nitrogen and oxygen atoms in total. The molecule has 0 amide bonds. The number of Topliss-reactive ketones (excluding diaryl/α,β-unsaturated/α-hetero) is 1. The molecule has 62 heavy (non-hydrogen) atoms. The lowest BCUT2D eigenvalue weighted by atomic mass is 10.0. The molecular weight excluding hydrogens is 922 g/mol. The number of carbonyl (C=O) groups is 1. The third-order valence-electron chi connectivity index (χ3n) is 11.3. The van der Waals surface area contributed by atoms with Crippen molar-refractivity contribution in [2.45, 2.75) is 12.8 Å². The fraction of sp³-hybridized carbons (Fsp3) is 0.0702. The van der Waals surface area contributed by atoms with Gasteiger partial charge in [0.1, 0.15) is 52.1 Å². The highest BCUT2D eigenvalue weighted by atomic mass is 79.9. The van der Waals surface area contributed by atoms with Gasteiger partial charge in [-0.15, -0.1) is 0 Å². The lowest BCUT2D eigenvalue weighted by molar-refractivity contribution is -0.117.